The quantitative estimate of drug-likeness (QED) is 0.781. The third-order valence-corrected chi connectivity index (χ3v) is 3.98. The van der Waals surface area contributed by atoms with Crippen molar-refractivity contribution in [2.24, 2.45) is 0 Å². The van der Waals surface area contributed by atoms with Gasteiger partial charge in [0.2, 0.25) is 5.91 Å². The summed E-state index contributed by atoms with van der Waals surface area (Å²) in [5, 5.41) is 3.58. The maximum Gasteiger partial charge on any atom is 0.234 e. The molecule has 0 atom stereocenters. The van der Waals surface area contributed by atoms with Crippen LogP contribution in [0.5, 0.6) is 5.75 Å². The predicted molar refractivity (Wildman–Crippen MR) is 97.5 cm³/mol. The van der Waals surface area contributed by atoms with Crippen molar-refractivity contribution in [2.75, 3.05) is 27.2 Å². The molecule has 0 fully saturated rings. The molecule has 0 heterocycles. The Morgan fingerprint density at radius 3 is 2.52 bits per heavy atom. The lowest BCUT2D eigenvalue weighted by atomic mass is 10.1. The van der Waals surface area contributed by atoms with Crippen molar-refractivity contribution in [1.82, 2.24) is 10.2 Å². The number of halogens is 2. The topological polar surface area (TPSA) is 41.6 Å². The summed E-state index contributed by atoms with van der Waals surface area (Å²) in [6.07, 6.45) is 0.746. The van der Waals surface area contributed by atoms with Gasteiger partial charge in [0.1, 0.15) is 0 Å². The van der Waals surface area contributed by atoms with Gasteiger partial charge in [0.25, 0.3) is 0 Å². The Labute approximate surface area is 152 Å². The van der Waals surface area contributed by atoms with E-state index in [0.717, 1.165) is 17.5 Å². The van der Waals surface area contributed by atoms with Gasteiger partial charge in [-0.2, -0.15) is 0 Å². The van der Waals surface area contributed by atoms with E-state index < -0.39 is 5.82 Å². The molecule has 0 aliphatic heterocycles. The Morgan fingerprint density at radius 2 is 1.88 bits per heavy atom. The standard InChI is InChI=1S/C19H22ClFN2O2/c1-23(12-15-5-8-18(25-2)17(21)11-15)13-19(24)22-10-9-14-3-6-16(20)7-4-14/h3-8,11H,9-10,12-13H2,1-2H3,(H,22,24). The Hall–Kier alpha value is -2.11. The van der Waals surface area contributed by atoms with Crippen LogP contribution in [0.25, 0.3) is 0 Å². The molecule has 0 spiro atoms. The van der Waals surface area contributed by atoms with Gasteiger partial charge in [0, 0.05) is 18.1 Å². The minimum atomic E-state index is -0.402. The van der Waals surface area contributed by atoms with Crippen LogP contribution in [0.1, 0.15) is 11.1 Å². The largest absolute Gasteiger partial charge is 0.494 e. The van der Waals surface area contributed by atoms with Crippen molar-refractivity contribution in [1.29, 1.82) is 0 Å². The van der Waals surface area contributed by atoms with E-state index in [4.69, 9.17) is 16.3 Å². The molecule has 0 aromatic heterocycles. The highest BCUT2D eigenvalue weighted by Gasteiger charge is 2.09. The normalized spacial score (nSPS) is 10.8. The van der Waals surface area contributed by atoms with Crippen molar-refractivity contribution in [2.45, 2.75) is 13.0 Å². The minimum absolute atomic E-state index is 0.0644. The third kappa shape index (κ3) is 6.36. The zero-order chi connectivity index (χ0) is 18.2. The molecule has 0 saturated heterocycles. The van der Waals surface area contributed by atoms with E-state index in [-0.39, 0.29) is 18.2 Å². The summed E-state index contributed by atoms with van der Waals surface area (Å²) in [6, 6.07) is 12.4. The first kappa shape index (κ1) is 19.2. The number of methoxy groups -OCH3 is 1. The van der Waals surface area contributed by atoms with Crippen molar-refractivity contribution in [3.05, 3.63) is 64.4 Å². The summed E-state index contributed by atoms with van der Waals surface area (Å²) in [4.78, 5) is 13.8. The number of ether oxygens (including phenoxy) is 1. The van der Waals surface area contributed by atoms with Crippen LogP contribution in [0.3, 0.4) is 0 Å². The van der Waals surface area contributed by atoms with E-state index in [1.54, 1.807) is 12.1 Å². The van der Waals surface area contributed by atoms with Gasteiger partial charge in [-0.3, -0.25) is 9.69 Å². The molecule has 25 heavy (non-hydrogen) atoms. The molecule has 0 aliphatic rings. The monoisotopic (exact) mass is 364 g/mol. The van der Waals surface area contributed by atoms with Crippen LogP contribution < -0.4 is 10.1 Å². The maximum absolute atomic E-state index is 13.7. The van der Waals surface area contributed by atoms with E-state index in [1.807, 2.05) is 36.2 Å². The zero-order valence-corrected chi connectivity index (χ0v) is 15.1. The number of rotatable bonds is 8. The number of carbonyl (C=O) groups is 1. The molecule has 134 valence electrons. The Kier molecular flexibility index (Phi) is 7.22. The smallest absolute Gasteiger partial charge is 0.234 e. The number of benzene rings is 2. The van der Waals surface area contributed by atoms with Crippen LogP contribution in [0, 0.1) is 5.82 Å². The minimum Gasteiger partial charge on any atom is -0.494 e. The fourth-order valence-electron chi connectivity index (χ4n) is 2.47. The number of nitrogens with zero attached hydrogens (tertiary/aromatic N) is 1. The van der Waals surface area contributed by atoms with E-state index in [2.05, 4.69) is 5.32 Å². The summed E-state index contributed by atoms with van der Waals surface area (Å²) in [7, 11) is 3.25. The maximum atomic E-state index is 13.7. The second-order valence-electron chi connectivity index (χ2n) is 5.87. The molecule has 6 heteroatoms. The molecule has 1 N–H and O–H groups in total. The van der Waals surface area contributed by atoms with Gasteiger partial charge in [-0.05, 0) is 48.9 Å². The van der Waals surface area contributed by atoms with Gasteiger partial charge in [-0.25, -0.2) is 4.39 Å². The van der Waals surface area contributed by atoms with Crippen LogP contribution in [-0.2, 0) is 17.8 Å². The van der Waals surface area contributed by atoms with Gasteiger partial charge in [0.15, 0.2) is 11.6 Å². The number of nitrogens with one attached hydrogen (secondary N) is 1. The van der Waals surface area contributed by atoms with E-state index >= 15 is 0 Å². The summed E-state index contributed by atoms with van der Waals surface area (Å²) >= 11 is 5.84. The molecule has 2 aromatic carbocycles. The number of carbonyl (C=O) groups excluding carboxylic acids is 1. The molecule has 2 rings (SSSR count). The second kappa shape index (κ2) is 9.39. The van der Waals surface area contributed by atoms with Crippen LogP contribution in [0.2, 0.25) is 5.02 Å². The molecule has 0 saturated carbocycles. The van der Waals surface area contributed by atoms with Crippen molar-refractivity contribution < 1.29 is 13.9 Å². The Bertz CT molecular complexity index is 707. The van der Waals surface area contributed by atoms with Crippen LogP contribution in [0.4, 0.5) is 4.39 Å². The molecular weight excluding hydrogens is 343 g/mol. The molecule has 0 bridgehead atoms. The summed E-state index contributed by atoms with van der Waals surface area (Å²) in [5.41, 5.74) is 1.90. The fraction of sp³-hybridized carbons (Fsp3) is 0.316. The van der Waals surface area contributed by atoms with Crippen LogP contribution >= 0.6 is 11.6 Å². The highest BCUT2D eigenvalue weighted by atomic mass is 35.5. The molecule has 0 radical (unpaired) electrons. The zero-order valence-electron chi connectivity index (χ0n) is 14.4. The average Bonchev–Trinajstić information content (AvgIpc) is 2.56. The number of hydrogen-bond donors (Lipinski definition) is 1. The highest BCUT2D eigenvalue weighted by molar-refractivity contribution is 6.30. The van der Waals surface area contributed by atoms with Gasteiger partial charge in [-0.15, -0.1) is 0 Å². The molecule has 1 amide bonds. The van der Waals surface area contributed by atoms with E-state index in [0.29, 0.717) is 18.1 Å². The lowest BCUT2D eigenvalue weighted by Crippen LogP contribution is -2.35. The third-order valence-electron chi connectivity index (χ3n) is 3.73. The predicted octanol–water partition coefficient (Wildman–Crippen LogP) is 3.28. The fourth-order valence-corrected chi connectivity index (χ4v) is 2.60. The molecule has 2 aromatic rings. The lowest BCUT2D eigenvalue weighted by molar-refractivity contribution is -0.122. The number of hydrogen-bond acceptors (Lipinski definition) is 3. The van der Waals surface area contributed by atoms with Gasteiger partial charge in [0.05, 0.1) is 13.7 Å². The van der Waals surface area contributed by atoms with Gasteiger partial charge in [-0.1, -0.05) is 29.8 Å². The summed E-state index contributed by atoms with van der Waals surface area (Å²) in [5.74, 6) is -0.252. The van der Waals surface area contributed by atoms with Crippen molar-refractivity contribution in [3.8, 4) is 5.75 Å². The second-order valence-corrected chi connectivity index (χ2v) is 6.30. The van der Waals surface area contributed by atoms with E-state index in [1.165, 1.54) is 13.2 Å². The van der Waals surface area contributed by atoms with Gasteiger partial charge >= 0.3 is 0 Å². The highest BCUT2D eigenvalue weighted by Crippen LogP contribution is 2.18. The van der Waals surface area contributed by atoms with Crippen LogP contribution in [0.15, 0.2) is 42.5 Å². The first-order chi connectivity index (χ1) is 12.0. The first-order valence-corrected chi connectivity index (χ1v) is 8.38. The van der Waals surface area contributed by atoms with E-state index in [9.17, 15) is 9.18 Å². The SMILES string of the molecule is COc1ccc(CN(C)CC(=O)NCCc2ccc(Cl)cc2)cc1F. The van der Waals surface area contributed by atoms with Gasteiger partial charge < -0.3 is 10.1 Å². The number of likely N-dealkylation sites (N-methyl/N-ethyl adjacent to an activating group) is 1. The number of amides is 1. The molecule has 4 nitrogen and oxygen atoms in total. The average molecular weight is 365 g/mol. The molecule has 0 unspecified atom stereocenters. The summed E-state index contributed by atoms with van der Waals surface area (Å²) in [6.45, 7) is 1.28. The Morgan fingerprint density at radius 1 is 1.20 bits per heavy atom. The summed E-state index contributed by atoms with van der Waals surface area (Å²) < 4.78 is 18.6. The van der Waals surface area contributed by atoms with Crippen molar-refractivity contribution >= 4 is 17.5 Å². The molecular formula is C19H22ClFN2O2. The first-order valence-electron chi connectivity index (χ1n) is 8.00. The molecule has 0 aliphatic carbocycles. The van der Waals surface area contributed by atoms with Crippen molar-refractivity contribution in [3.63, 3.8) is 0 Å². The Balaban J connectivity index is 1.74. The lowest BCUT2D eigenvalue weighted by Gasteiger charge is -2.17. The van der Waals surface area contributed by atoms with Crippen LogP contribution in [-0.4, -0.2) is 38.1 Å².